The van der Waals surface area contributed by atoms with Gasteiger partial charge in [-0.3, -0.25) is 4.79 Å². The SMILES string of the molecule is O=C(CNC(=O)NC1CCCCC1)NC1CCS(=O)(=O)C1. The first kappa shape index (κ1) is 16.1. The van der Waals surface area contributed by atoms with E-state index >= 15 is 0 Å². The van der Waals surface area contributed by atoms with Gasteiger partial charge in [-0.2, -0.15) is 0 Å². The van der Waals surface area contributed by atoms with Crippen molar-refractivity contribution in [2.75, 3.05) is 18.1 Å². The van der Waals surface area contributed by atoms with Crippen LogP contribution in [0.5, 0.6) is 0 Å². The Balaban J connectivity index is 1.63. The van der Waals surface area contributed by atoms with Crippen LogP contribution in [0.2, 0.25) is 0 Å². The fraction of sp³-hybridized carbons (Fsp3) is 0.846. The van der Waals surface area contributed by atoms with Crippen LogP contribution in [0.4, 0.5) is 4.79 Å². The number of urea groups is 1. The molecule has 0 spiro atoms. The Morgan fingerprint density at radius 2 is 1.67 bits per heavy atom. The highest BCUT2D eigenvalue weighted by atomic mass is 32.2. The molecule has 1 unspecified atom stereocenters. The molecule has 0 aromatic carbocycles. The molecular weight excluding hydrogens is 294 g/mol. The molecule has 0 radical (unpaired) electrons. The summed E-state index contributed by atoms with van der Waals surface area (Å²) in [6, 6.07) is -0.469. The molecule has 1 aliphatic carbocycles. The molecule has 1 aliphatic heterocycles. The Labute approximate surface area is 125 Å². The van der Waals surface area contributed by atoms with Crippen molar-refractivity contribution < 1.29 is 18.0 Å². The van der Waals surface area contributed by atoms with Gasteiger partial charge in [-0.15, -0.1) is 0 Å². The van der Waals surface area contributed by atoms with E-state index in [0.29, 0.717) is 6.42 Å². The van der Waals surface area contributed by atoms with E-state index in [-0.39, 0.29) is 42.1 Å². The van der Waals surface area contributed by atoms with E-state index in [0.717, 1.165) is 25.7 Å². The molecule has 120 valence electrons. The van der Waals surface area contributed by atoms with Crippen LogP contribution < -0.4 is 16.0 Å². The van der Waals surface area contributed by atoms with Crippen molar-refractivity contribution in [1.29, 1.82) is 0 Å². The summed E-state index contributed by atoms with van der Waals surface area (Å²) in [6.45, 7) is -0.130. The van der Waals surface area contributed by atoms with Gasteiger partial charge in [0.15, 0.2) is 9.84 Å². The van der Waals surface area contributed by atoms with Gasteiger partial charge < -0.3 is 16.0 Å². The second-order valence-electron chi connectivity index (χ2n) is 5.83. The minimum Gasteiger partial charge on any atom is -0.351 e. The predicted octanol–water partition coefficient (Wildman–Crippen LogP) is -0.0784. The summed E-state index contributed by atoms with van der Waals surface area (Å²) in [5, 5.41) is 8.00. The Bertz CT molecular complexity index is 486. The van der Waals surface area contributed by atoms with Gasteiger partial charge in [0.25, 0.3) is 0 Å². The lowest BCUT2D eigenvalue weighted by molar-refractivity contribution is -0.120. The quantitative estimate of drug-likeness (QED) is 0.674. The third kappa shape index (κ3) is 5.53. The largest absolute Gasteiger partial charge is 0.351 e. The molecule has 2 aliphatic rings. The van der Waals surface area contributed by atoms with E-state index in [1.165, 1.54) is 6.42 Å². The predicted molar refractivity (Wildman–Crippen MR) is 78.6 cm³/mol. The summed E-state index contributed by atoms with van der Waals surface area (Å²) in [5.74, 6) is -0.239. The van der Waals surface area contributed by atoms with Crippen LogP contribution in [0, 0.1) is 0 Å². The molecule has 2 rings (SSSR count). The van der Waals surface area contributed by atoms with Crippen molar-refractivity contribution in [2.24, 2.45) is 0 Å². The maximum Gasteiger partial charge on any atom is 0.315 e. The maximum atomic E-state index is 11.7. The van der Waals surface area contributed by atoms with Gasteiger partial charge in [0.2, 0.25) is 5.91 Å². The monoisotopic (exact) mass is 317 g/mol. The number of hydrogen-bond donors (Lipinski definition) is 3. The summed E-state index contributed by atoms with van der Waals surface area (Å²) in [6.07, 6.45) is 5.89. The summed E-state index contributed by atoms with van der Waals surface area (Å²) < 4.78 is 22.6. The highest BCUT2D eigenvalue weighted by Gasteiger charge is 2.28. The molecule has 7 nitrogen and oxygen atoms in total. The van der Waals surface area contributed by atoms with E-state index in [1.807, 2.05) is 0 Å². The smallest absolute Gasteiger partial charge is 0.315 e. The Kier molecular flexibility index (Phi) is 5.44. The van der Waals surface area contributed by atoms with E-state index in [2.05, 4.69) is 16.0 Å². The zero-order chi connectivity index (χ0) is 15.3. The van der Waals surface area contributed by atoms with Crippen molar-refractivity contribution in [3.8, 4) is 0 Å². The topological polar surface area (TPSA) is 104 Å². The summed E-state index contributed by atoms with van der Waals surface area (Å²) >= 11 is 0. The highest BCUT2D eigenvalue weighted by molar-refractivity contribution is 7.91. The fourth-order valence-electron chi connectivity index (χ4n) is 2.83. The minimum atomic E-state index is -3.01. The van der Waals surface area contributed by atoms with Crippen LogP contribution in [-0.2, 0) is 14.6 Å². The molecule has 8 heteroatoms. The van der Waals surface area contributed by atoms with E-state index < -0.39 is 9.84 Å². The van der Waals surface area contributed by atoms with E-state index in [9.17, 15) is 18.0 Å². The summed E-state index contributed by atoms with van der Waals surface area (Å²) in [7, 11) is -3.01. The van der Waals surface area contributed by atoms with Crippen molar-refractivity contribution in [2.45, 2.75) is 50.6 Å². The lowest BCUT2D eigenvalue weighted by Crippen LogP contribution is -2.47. The van der Waals surface area contributed by atoms with Gasteiger partial charge >= 0.3 is 6.03 Å². The number of carbonyl (C=O) groups excluding carboxylic acids is 2. The first-order chi connectivity index (χ1) is 9.94. The molecule has 1 saturated carbocycles. The molecule has 1 saturated heterocycles. The number of amides is 3. The zero-order valence-corrected chi connectivity index (χ0v) is 12.9. The van der Waals surface area contributed by atoms with Crippen LogP contribution in [0.1, 0.15) is 38.5 Å². The van der Waals surface area contributed by atoms with Crippen LogP contribution in [0.3, 0.4) is 0 Å². The number of nitrogens with one attached hydrogen (secondary N) is 3. The zero-order valence-electron chi connectivity index (χ0n) is 12.1. The number of rotatable bonds is 4. The van der Waals surface area contributed by atoms with Gasteiger partial charge in [-0.1, -0.05) is 19.3 Å². The van der Waals surface area contributed by atoms with Gasteiger partial charge in [0.1, 0.15) is 0 Å². The molecule has 0 aromatic rings. The first-order valence-electron chi connectivity index (χ1n) is 7.49. The molecule has 21 heavy (non-hydrogen) atoms. The van der Waals surface area contributed by atoms with Crippen molar-refractivity contribution in [3.05, 3.63) is 0 Å². The molecule has 1 heterocycles. The van der Waals surface area contributed by atoms with Crippen LogP contribution >= 0.6 is 0 Å². The number of sulfone groups is 1. The van der Waals surface area contributed by atoms with Gasteiger partial charge in [0.05, 0.1) is 18.1 Å². The summed E-state index contributed by atoms with van der Waals surface area (Å²) in [4.78, 5) is 23.3. The van der Waals surface area contributed by atoms with Crippen LogP contribution in [0.25, 0.3) is 0 Å². The normalized spacial score (nSPS) is 25.2. The number of hydrogen-bond acceptors (Lipinski definition) is 4. The Morgan fingerprint density at radius 1 is 0.952 bits per heavy atom. The maximum absolute atomic E-state index is 11.7. The standard InChI is InChI=1S/C13H23N3O4S/c17-12(15-11-6-7-21(19,20)9-11)8-14-13(18)16-10-4-2-1-3-5-10/h10-11H,1-9H2,(H,15,17)(H2,14,16,18). The van der Waals surface area contributed by atoms with Crippen molar-refractivity contribution in [3.63, 3.8) is 0 Å². The third-order valence-electron chi connectivity index (χ3n) is 3.95. The van der Waals surface area contributed by atoms with Crippen LogP contribution in [-0.4, -0.2) is 50.5 Å². The molecule has 3 N–H and O–H groups in total. The first-order valence-corrected chi connectivity index (χ1v) is 9.31. The average molecular weight is 317 g/mol. The van der Waals surface area contributed by atoms with Gasteiger partial charge in [0, 0.05) is 12.1 Å². The molecular formula is C13H23N3O4S. The molecule has 0 bridgehead atoms. The van der Waals surface area contributed by atoms with E-state index in [4.69, 9.17) is 0 Å². The van der Waals surface area contributed by atoms with Gasteiger partial charge in [-0.05, 0) is 19.3 Å². The second-order valence-corrected chi connectivity index (χ2v) is 8.06. The lowest BCUT2D eigenvalue weighted by atomic mass is 9.96. The van der Waals surface area contributed by atoms with Gasteiger partial charge in [-0.25, -0.2) is 13.2 Å². The highest BCUT2D eigenvalue weighted by Crippen LogP contribution is 2.17. The third-order valence-corrected chi connectivity index (χ3v) is 5.72. The second kappa shape index (κ2) is 7.11. The Hall–Kier alpha value is -1.31. The minimum absolute atomic E-state index is 0.00693. The van der Waals surface area contributed by atoms with Crippen LogP contribution in [0.15, 0.2) is 0 Å². The molecule has 0 aromatic heterocycles. The van der Waals surface area contributed by atoms with E-state index in [1.54, 1.807) is 0 Å². The fourth-order valence-corrected chi connectivity index (χ4v) is 4.50. The molecule has 2 fully saturated rings. The van der Waals surface area contributed by atoms with Crippen molar-refractivity contribution in [1.82, 2.24) is 16.0 Å². The number of carbonyl (C=O) groups is 2. The molecule has 3 amide bonds. The molecule has 1 atom stereocenters. The summed E-state index contributed by atoms with van der Waals surface area (Å²) in [5.41, 5.74) is 0. The Morgan fingerprint density at radius 3 is 2.29 bits per heavy atom. The lowest BCUT2D eigenvalue weighted by Gasteiger charge is -2.22. The average Bonchev–Trinajstić information content (AvgIpc) is 2.77. The van der Waals surface area contributed by atoms with Crippen molar-refractivity contribution >= 4 is 21.8 Å².